The summed E-state index contributed by atoms with van der Waals surface area (Å²) in [7, 11) is 0. The molecule has 2 bridgehead atoms. The van der Waals surface area contributed by atoms with E-state index in [9.17, 15) is 19.5 Å². The van der Waals surface area contributed by atoms with Crippen molar-refractivity contribution >= 4 is 35.1 Å². The number of benzene rings is 2. The van der Waals surface area contributed by atoms with Crippen LogP contribution < -0.4 is 15.1 Å². The molecule has 8 atom stereocenters. The predicted molar refractivity (Wildman–Crippen MR) is 205 cm³/mol. The number of ether oxygens (including phenoxy) is 2. The Kier molecular flexibility index (Phi) is 13.2. The standard InChI is InChI=1S/C42H56N4O7/c1-7-12-18-35(48)43-26-34(29-16-14-13-15-17-29)52-41(51)36-33-23-24-42(53-33)37(36)39(49)46(32(27-47)28(6)9-3)38(42)40(50)45(25-8-2)31-21-19-30(20-22-31)44(10-4)11-5/h7-8,13-17,19-22,28,32-34,36-38,47H,1-2,9-12,18,23-27H2,3-6H3,(H,43,48)/t28-,32-,33-,34+,36+,37+,38-,42+/m0/s1. The third kappa shape index (κ3) is 7.78. The SMILES string of the molecule is C=CCCC(=O)NC[C@@H](OC(=O)[C@@H]1[C@@H]2CC[C@]3(O2)[C@H](C(=O)N(CC=C)c2ccc(N(CC)CC)cc2)N([C@@H](CO)[C@@H](C)CC)C(=O)[C@@H]13)c1ccccc1. The maximum Gasteiger partial charge on any atom is 0.313 e. The summed E-state index contributed by atoms with van der Waals surface area (Å²) >= 11 is 0. The van der Waals surface area contributed by atoms with Crippen LogP contribution in [0.1, 0.15) is 71.5 Å². The largest absolute Gasteiger partial charge is 0.455 e. The first-order valence-electron chi connectivity index (χ1n) is 19.1. The molecule has 0 radical (unpaired) electrons. The molecule has 2 aromatic rings. The van der Waals surface area contributed by atoms with E-state index in [2.05, 4.69) is 37.2 Å². The fourth-order valence-electron chi connectivity index (χ4n) is 8.48. The van der Waals surface area contributed by atoms with Gasteiger partial charge in [-0.15, -0.1) is 13.2 Å². The third-order valence-corrected chi connectivity index (χ3v) is 11.4. The molecule has 3 aliphatic rings. The van der Waals surface area contributed by atoms with Crippen molar-refractivity contribution in [3.63, 3.8) is 0 Å². The molecule has 0 saturated carbocycles. The Balaban J connectivity index is 1.51. The monoisotopic (exact) mass is 728 g/mol. The molecule has 0 unspecified atom stereocenters. The molecule has 5 rings (SSSR count). The van der Waals surface area contributed by atoms with Crippen molar-refractivity contribution in [3.05, 3.63) is 85.5 Å². The maximum atomic E-state index is 15.1. The number of nitrogens with one attached hydrogen (secondary N) is 1. The van der Waals surface area contributed by atoms with Gasteiger partial charge in [0.05, 0.1) is 37.1 Å². The minimum Gasteiger partial charge on any atom is -0.455 e. The highest BCUT2D eigenvalue weighted by Crippen LogP contribution is 2.59. The number of hydrogen-bond donors (Lipinski definition) is 2. The lowest BCUT2D eigenvalue weighted by Crippen LogP contribution is -2.60. The average molecular weight is 729 g/mol. The molecule has 11 nitrogen and oxygen atoms in total. The summed E-state index contributed by atoms with van der Waals surface area (Å²) in [4.78, 5) is 62.2. The first-order chi connectivity index (χ1) is 25.6. The molecule has 2 aromatic carbocycles. The van der Waals surface area contributed by atoms with E-state index >= 15 is 4.79 Å². The van der Waals surface area contributed by atoms with Crippen LogP contribution in [-0.4, -0.2) is 90.3 Å². The van der Waals surface area contributed by atoms with Crippen LogP contribution >= 0.6 is 0 Å². The van der Waals surface area contributed by atoms with Gasteiger partial charge in [-0.3, -0.25) is 19.2 Å². The first-order valence-corrected chi connectivity index (χ1v) is 19.1. The van der Waals surface area contributed by atoms with Crippen LogP contribution in [-0.2, 0) is 28.7 Å². The van der Waals surface area contributed by atoms with Gasteiger partial charge in [0.1, 0.15) is 17.7 Å². The number of rotatable bonds is 19. The van der Waals surface area contributed by atoms with Gasteiger partial charge in [-0.05, 0) is 68.9 Å². The number of carbonyl (C=O) groups is 4. The summed E-state index contributed by atoms with van der Waals surface area (Å²) in [6, 6.07) is 15.1. The second-order valence-electron chi connectivity index (χ2n) is 14.3. The number of nitrogens with zero attached hydrogens (tertiary/aromatic N) is 3. The molecule has 286 valence electrons. The van der Waals surface area contributed by atoms with E-state index < -0.39 is 53.6 Å². The van der Waals surface area contributed by atoms with Crippen molar-refractivity contribution in [2.45, 2.75) is 89.7 Å². The van der Waals surface area contributed by atoms with Gasteiger partial charge in [-0.2, -0.15) is 0 Å². The van der Waals surface area contributed by atoms with Crippen LogP contribution in [0.25, 0.3) is 0 Å². The lowest BCUT2D eigenvalue weighted by molar-refractivity contribution is -0.161. The molecule has 2 N–H and O–H groups in total. The van der Waals surface area contributed by atoms with E-state index in [0.29, 0.717) is 36.9 Å². The molecule has 3 aliphatic heterocycles. The number of esters is 1. The summed E-state index contributed by atoms with van der Waals surface area (Å²) in [6.45, 7) is 17.3. The summed E-state index contributed by atoms with van der Waals surface area (Å²) in [5.74, 6) is -3.67. The van der Waals surface area contributed by atoms with Crippen LogP contribution in [0.4, 0.5) is 11.4 Å². The highest BCUT2D eigenvalue weighted by Gasteiger charge is 2.76. The van der Waals surface area contributed by atoms with Crippen molar-refractivity contribution in [1.82, 2.24) is 10.2 Å². The van der Waals surface area contributed by atoms with E-state index in [1.807, 2.05) is 68.4 Å². The number of carbonyl (C=O) groups excluding carboxylic acids is 4. The van der Waals surface area contributed by atoms with Crippen LogP contribution in [0.2, 0.25) is 0 Å². The first kappa shape index (κ1) is 39.7. The van der Waals surface area contributed by atoms with E-state index in [1.165, 1.54) is 4.90 Å². The van der Waals surface area contributed by atoms with E-state index in [1.54, 1.807) is 17.1 Å². The second kappa shape index (κ2) is 17.6. The minimum absolute atomic E-state index is 0.0468. The van der Waals surface area contributed by atoms with E-state index in [-0.39, 0.29) is 43.8 Å². The molecule has 53 heavy (non-hydrogen) atoms. The Bertz CT molecular complexity index is 1610. The smallest absolute Gasteiger partial charge is 0.313 e. The van der Waals surface area contributed by atoms with Crippen LogP contribution in [0.15, 0.2) is 79.9 Å². The second-order valence-corrected chi connectivity index (χ2v) is 14.3. The molecule has 3 amide bonds. The molecule has 3 heterocycles. The van der Waals surface area contributed by atoms with Crippen LogP contribution in [0.3, 0.4) is 0 Å². The minimum atomic E-state index is -1.30. The van der Waals surface area contributed by atoms with Gasteiger partial charge in [-0.1, -0.05) is 62.8 Å². The number of anilines is 2. The fourth-order valence-corrected chi connectivity index (χ4v) is 8.48. The Hall–Kier alpha value is -4.48. The maximum absolute atomic E-state index is 15.1. The lowest BCUT2D eigenvalue weighted by Gasteiger charge is -2.41. The molecular weight excluding hydrogens is 672 g/mol. The Labute approximate surface area is 314 Å². The van der Waals surface area contributed by atoms with Crippen molar-refractivity contribution in [3.8, 4) is 0 Å². The van der Waals surface area contributed by atoms with Gasteiger partial charge in [0.2, 0.25) is 11.8 Å². The van der Waals surface area contributed by atoms with E-state index in [4.69, 9.17) is 9.47 Å². The molecular formula is C42H56N4O7. The number of aliphatic hydroxyl groups excluding tert-OH is 1. The van der Waals surface area contributed by atoms with Crippen LogP contribution in [0.5, 0.6) is 0 Å². The molecule has 0 aromatic heterocycles. The van der Waals surface area contributed by atoms with Gasteiger partial charge >= 0.3 is 5.97 Å². The normalized spacial score (nSPS) is 24.5. The fraction of sp³-hybridized carbons (Fsp3) is 0.524. The molecule has 3 saturated heterocycles. The zero-order chi connectivity index (χ0) is 38.3. The highest BCUT2D eigenvalue weighted by molar-refractivity contribution is 6.05. The van der Waals surface area contributed by atoms with Gasteiger partial charge in [0.25, 0.3) is 5.91 Å². The van der Waals surface area contributed by atoms with Gasteiger partial charge in [-0.25, -0.2) is 0 Å². The number of allylic oxidation sites excluding steroid dienone is 1. The predicted octanol–water partition coefficient (Wildman–Crippen LogP) is 5.20. The highest BCUT2D eigenvalue weighted by atomic mass is 16.6. The van der Waals surface area contributed by atoms with Gasteiger partial charge in [0.15, 0.2) is 0 Å². The Morgan fingerprint density at radius 3 is 2.34 bits per heavy atom. The zero-order valence-corrected chi connectivity index (χ0v) is 31.6. The number of amides is 3. The Morgan fingerprint density at radius 1 is 1.06 bits per heavy atom. The number of fused-ring (bicyclic) bond motifs is 1. The summed E-state index contributed by atoms with van der Waals surface area (Å²) in [6.07, 6.45) is 4.16. The zero-order valence-electron chi connectivity index (χ0n) is 31.6. The van der Waals surface area contributed by atoms with Crippen molar-refractivity contribution in [2.75, 3.05) is 42.6 Å². The van der Waals surface area contributed by atoms with Gasteiger partial charge in [0, 0.05) is 37.4 Å². The van der Waals surface area contributed by atoms with Crippen molar-refractivity contribution in [2.24, 2.45) is 17.8 Å². The lowest BCUT2D eigenvalue weighted by atomic mass is 9.70. The molecule has 11 heteroatoms. The topological polar surface area (TPSA) is 129 Å². The summed E-state index contributed by atoms with van der Waals surface area (Å²) in [5.41, 5.74) is 1.07. The third-order valence-electron chi connectivity index (χ3n) is 11.4. The molecule has 0 aliphatic carbocycles. The quantitative estimate of drug-likeness (QED) is 0.149. The molecule has 3 fully saturated rings. The van der Waals surface area contributed by atoms with Crippen molar-refractivity contribution in [1.29, 1.82) is 0 Å². The average Bonchev–Trinajstić information content (AvgIpc) is 3.83. The summed E-state index contributed by atoms with van der Waals surface area (Å²) < 4.78 is 12.9. The van der Waals surface area contributed by atoms with Crippen molar-refractivity contribution < 1.29 is 33.8 Å². The molecule has 1 spiro atoms. The van der Waals surface area contributed by atoms with E-state index in [0.717, 1.165) is 18.8 Å². The number of likely N-dealkylation sites (tertiary alicyclic amines) is 1. The summed E-state index contributed by atoms with van der Waals surface area (Å²) in [5, 5.41) is 13.7. The number of aliphatic hydroxyl groups is 1. The number of hydrogen-bond acceptors (Lipinski definition) is 8. The Morgan fingerprint density at radius 2 is 1.74 bits per heavy atom. The van der Waals surface area contributed by atoms with Crippen LogP contribution in [0, 0.1) is 17.8 Å². The van der Waals surface area contributed by atoms with Gasteiger partial charge < -0.3 is 34.6 Å².